The molecule has 0 spiro atoms. The van der Waals surface area contributed by atoms with Gasteiger partial charge in [-0.3, -0.25) is 0 Å². The quantitative estimate of drug-likeness (QED) is 0.382. The number of oxime groups is 1. The van der Waals surface area contributed by atoms with Gasteiger partial charge in [0.25, 0.3) is 0 Å². The molecule has 0 saturated carbocycles. The Morgan fingerprint density at radius 2 is 2.35 bits per heavy atom. The number of nitrogens with zero attached hydrogens (tertiary/aromatic N) is 2. The lowest BCUT2D eigenvalue weighted by Gasteiger charge is -2.32. The molecule has 6 heteroatoms. The molecule has 1 unspecified atom stereocenters. The van der Waals surface area contributed by atoms with E-state index in [2.05, 4.69) is 33.0 Å². The predicted octanol–water partition coefficient (Wildman–Crippen LogP) is 2.41. The molecule has 0 amide bonds. The van der Waals surface area contributed by atoms with Crippen LogP contribution in [0.5, 0.6) is 5.75 Å². The van der Waals surface area contributed by atoms with Gasteiger partial charge in [0.2, 0.25) is 0 Å². The van der Waals surface area contributed by atoms with Gasteiger partial charge in [0, 0.05) is 10.5 Å². The Bertz CT molecular complexity index is 493. The van der Waals surface area contributed by atoms with Crippen LogP contribution in [-0.2, 0) is 0 Å². The molecule has 0 radical (unpaired) electrons. The summed E-state index contributed by atoms with van der Waals surface area (Å²) in [4.78, 5) is 2.32. The summed E-state index contributed by atoms with van der Waals surface area (Å²) in [5.74, 6) is 0.679. The third-order valence-corrected chi connectivity index (χ3v) is 4.35. The minimum atomic E-state index is 0.0458. The molecule has 20 heavy (non-hydrogen) atoms. The highest BCUT2D eigenvalue weighted by Crippen LogP contribution is 2.27. The summed E-state index contributed by atoms with van der Waals surface area (Å²) < 4.78 is 6.66. The van der Waals surface area contributed by atoms with Gasteiger partial charge in [-0.2, -0.15) is 0 Å². The maximum atomic E-state index is 8.87. The van der Waals surface area contributed by atoms with Gasteiger partial charge in [-0.25, -0.2) is 0 Å². The van der Waals surface area contributed by atoms with Crippen LogP contribution in [0.15, 0.2) is 27.8 Å². The first kappa shape index (κ1) is 15.1. The summed E-state index contributed by atoms with van der Waals surface area (Å²) in [6, 6.07) is 5.97. The Morgan fingerprint density at radius 1 is 1.55 bits per heavy atom. The third-order valence-electron chi connectivity index (χ3n) is 3.69. The smallest absolute Gasteiger partial charge is 0.174 e. The number of ether oxygens (including phenoxy) is 1. The van der Waals surface area contributed by atoms with Crippen molar-refractivity contribution in [1.82, 2.24) is 4.90 Å². The minimum absolute atomic E-state index is 0.0458. The zero-order valence-corrected chi connectivity index (χ0v) is 13.1. The number of likely N-dealkylation sites (tertiary alicyclic amines) is 1. The lowest BCUT2D eigenvalue weighted by atomic mass is 10.0. The van der Waals surface area contributed by atoms with E-state index < -0.39 is 0 Å². The fraction of sp³-hybridized carbons (Fsp3) is 0.500. The van der Waals surface area contributed by atoms with Crippen LogP contribution in [-0.4, -0.2) is 42.2 Å². The predicted molar refractivity (Wildman–Crippen MR) is 82.4 cm³/mol. The Hall–Kier alpha value is -1.27. The highest BCUT2D eigenvalue weighted by Gasteiger charge is 2.20. The number of piperidine rings is 1. The van der Waals surface area contributed by atoms with Gasteiger partial charge in [-0.05, 0) is 54.5 Å². The first-order chi connectivity index (χ1) is 9.63. The molecule has 5 nitrogen and oxygen atoms in total. The first-order valence-corrected chi connectivity index (χ1v) is 7.52. The Kier molecular flexibility index (Phi) is 5.25. The van der Waals surface area contributed by atoms with Crippen LogP contribution in [0.3, 0.4) is 0 Å². The van der Waals surface area contributed by atoms with E-state index in [0.717, 1.165) is 17.4 Å². The lowest BCUT2D eigenvalue weighted by Crippen LogP contribution is -2.40. The zero-order chi connectivity index (χ0) is 14.5. The van der Waals surface area contributed by atoms with Gasteiger partial charge in [-0.1, -0.05) is 17.6 Å². The lowest BCUT2D eigenvalue weighted by molar-refractivity contribution is 0.125. The fourth-order valence-electron chi connectivity index (χ4n) is 2.46. The van der Waals surface area contributed by atoms with Crippen molar-refractivity contribution < 1.29 is 9.94 Å². The normalized spacial score (nSPS) is 20.9. The van der Waals surface area contributed by atoms with Crippen molar-refractivity contribution in [3.8, 4) is 5.75 Å². The number of likely N-dealkylation sites (N-methyl/N-ethyl adjacent to an activating group) is 1. The number of rotatable bonds is 4. The Morgan fingerprint density at radius 3 is 3.05 bits per heavy atom. The molecule has 1 aromatic rings. The molecule has 2 rings (SSSR count). The van der Waals surface area contributed by atoms with Crippen LogP contribution in [0.2, 0.25) is 0 Å². The van der Waals surface area contributed by atoms with E-state index in [9.17, 15) is 0 Å². The molecule has 1 aliphatic heterocycles. The summed E-state index contributed by atoms with van der Waals surface area (Å²) in [5, 5.41) is 11.9. The average Bonchev–Trinajstić information content (AvgIpc) is 2.46. The van der Waals surface area contributed by atoms with Gasteiger partial charge in [0.1, 0.15) is 12.4 Å². The topological polar surface area (TPSA) is 71.1 Å². The summed E-state index contributed by atoms with van der Waals surface area (Å²) in [7, 11) is 2.12. The zero-order valence-electron chi connectivity index (χ0n) is 11.6. The van der Waals surface area contributed by atoms with E-state index in [4.69, 9.17) is 15.7 Å². The van der Waals surface area contributed by atoms with Crippen LogP contribution in [0, 0.1) is 0 Å². The number of hydrogen-bond acceptors (Lipinski definition) is 4. The van der Waals surface area contributed by atoms with Crippen LogP contribution in [0.1, 0.15) is 24.8 Å². The van der Waals surface area contributed by atoms with E-state index in [0.29, 0.717) is 24.0 Å². The summed E-state index contributed by atoms with van der Waals surface area (Å²) in [6.45, 7) is 1.72. The standard InChI is InChI=1S/C14H20BrN3O2/c1-18-8-3-2-5-10(18)9-20-12-7-4-6-11(15)13(12)14(16)17-19/h4,6-7,10,19H,2-3,5,8-9H2,1H3,(H2,16,17). The molecular weight excluding hydrogens is 322 g/mol. The highest BCUT2D eigenvalue weighted by atomic mass is 79.9. The molecule has 1 saturated heterocycles. The third kappa shape index (κ3) is 3.43. The van der Waals surface area contributed by atoms with E-state index in [-0.39, 0.29) is 5.84 Å². The molecular formula is C14H20BrN3O2. The van der Waals surface area contributed by atoms with Gasteiger partial charge in [-0.15, -0.1) is 0 Å². The summed E-state index contributed by atoms with van der Waals surface area (Å²) in [6.07, 6.45) is 3.63. The number of benzene rings is 1. The second-order valence-corrected chi connectivity index (χ2v) is 5.89. The number of halogens is 1. The molecule has 1 fully saturated rings. The molecule has 3 N–H and O–H groups in total. The maximum absolute atomic E-state index is 8.87. The SMILES string of the molecule is CN1CCCCC1COc1cccc(Br)c1/C(N)=N/O. The van der Waals surface area contributed by atoms with Crippen molar-refractivity contribution in [3.05, 3.63) is 28.2 Å². The van der Waals surface area contributed by atoms with E-state index >= 15 is 0 Å². The Balaban J connectivity index is 2.11. The Labute approximate surface area is 127 Å². The van der Waals surface area contributed by atoms with Crippen molar-refractivity contribution in [2.45, 2.75) is 25.3 Å². The van der Waals surface area contributed by atoms with Crippen LogP contribution in [0.4, 0.5) is 0 Å². The van der Waals surface area contributed by atoms with E-state index in [1.54, 1.807) is 0 Å². The monoisotopic (exact) mass is 341 g/mol. The van der Waals surface area contributed by atoms with Crippen LogP contribution >= 0.6 is 15.9 Å². The first-order valence-electron chi connectivity index (χ1n) is 6.73. The molecule has 1 aliphatic rings. The van der Waals surface area contributed by atoms with Crippen molar-refractivity contribution in [3.63, 3.8) is 0 Å². The highest BCUT2D eigenvalue weighted by molar-refractivity contribution is 9.10. The van der Waals surface area contributed by atoms with Crippen molar-refractivity contribution in [2.24, 2.45) is 10.9 Å². The van der Waals surface area contributed by atoms with Crippen molar-refractivity contribution >= 4 is 21.8 Å². The summed E-state index contributed by atoms with van der Waals surface area (Å²) >= 11 is 3.40. The maximum Gasteiger partial charge on any atom is 0.174 e. The second-order valence-electron chi connectivity index (χ2n) is 5.04. The van der Waals surface area contributed by atoms with Crippen LogP contribution < -0.4 is 10.5 Å². The van der Waals surface area contributed by atoms with Gasteiger partial charge in [0.15, 0.2) is 5.84 Å². The molecule has 1 atom stereocenters. The molecule has 1 aromatic carbocycles. The van der Waals surface area contributed by atoms with Gasteiger partial charge >= 0.3 is 0 Å². The molecule has 0 aliphatic carbocycles. The number of nitrogens with two attached hydrogens (primary N) is 1. The fourth-order valence-corrected chi connectivity index (χ4v) is 3.02. The van der Waals surface area contributed by atoms with Gasteiger partial charge < -0.3 is 20.6 Å². The summed E-state index contributed by atoms with van der Waals surface area (Å²) in [5.41, 5.74) is 6.30. The van der Waals surface area contributed by atoms with E-state index in [1.165, 1.54) is 12.8 Å². The minimum Gasteiger partial charge on any atom is -0.491 e. The number of amidine groups is 1. The molecule has 110 valence electrons. The molecule has 1 heterocycles. The largest absolute Gasteiger partial charge is 0.491 e. The van der Waals surface area contributed by atoms with E-state index in [1.807, 2.05) is 18.2 Å². The molecule has 0 bridgehead atoms. The average molecular weight is 342 g/mol. The second kappa shape index (κ2) is 6.95. The van der Waals surface area contributed by atoms with Crippen molar-refractivity contribution in [2.75, 3.05) is 20.2 Å². The number of hydrogen-bond donors (Lipinski definition) is 2. The van der Waals surface area contributed by atoms with Crippen molar-refractivity contribution in [1.29, 1.82) is 0 Å². The van der Waals surface area contributed by atoms with Crippen LogP contribution in [0.25, 0.3) is 0 Å². The molecule has 0 aromatic heterocycles. The van der Waals surface area contributed by atoms with Gasteiger partial charge in [0.05, 0.1) is 5.56 Å².